The van der Waals surface area contributed by atoms with Crippen molar-refractivity contribution in [3.8, 4) is 0 Å². The molecule has 1 aliphatic rings. The highest BCUT2D eigenvalue weighted by Gasteiger charge is 2.13. The SMILES string of the molecule is CC(=O)Nc1ccc(CC(=O)NCc2ccc(C[NH+]3CCCCC3)cc2)cc1. The van der Waals surface area contributed by atoms with Crippen molar-refractivity contribution in [2.75, 3.05) is 18.4 Å². The van der Waals surface area contributed by atoms with Gasteiger partial charge in [-0.15, -0.1) is 0 Å². The van der Waals surface area contributed by atoms with Crippen LogP contribution in [0.25, 0.3) is 0 Å². The lowest BCUT2D eigenvalue weighted by Crippen LogP contribution is -3.11. The van der Waals surface area contributed by atoms with E-state index in [0.717, 1.165) is 23.4 Å². The minimum atomic E-state index is -0.103. The van der Waals surface area contributed by atoms with Crippen LogP contribution in [0.2, 0.25) is 0 Å². The molecule has 3 N–H and O–H groups in total. The molecule has 1 saturated heterocycles. The third kappa shape index (κ3) is 6.50. The Morgan fingerprint density at radius 2 is 1.46 bits per heavy atom. The molecule has 1 fully saturated rings. The molecular weight excluding hydrogens is 350 g/mol. The summed E-state index contributed by atoms with van der Waals surface area (Å²) in [5.41, 5.74) is 4.15. The quantitative estimate of drug-likeness (QED) is 0.689. The topological polar surface area (TPSA) is 62.6 Å². The Bertz CT molecular complexity index is 778. The van der Waals surface area contributed by atoms with E-state index in [1.165, 1.54) is 44.8 Å². The number of likely N-dealkylation sites (tertiary alicyclic amines) is 1. The first-order valence-electron chi connectivity index (χ1n) is 10.1. The zero-order chi connectivity index (χ0) is 19.8. The van der Waals surface area contributed by atoms with E-state index in [2.05, 4.69) is 34.9 Å². The Kier molecular flexibility index (Phi) is 7.20. The summed E-state index contributed by atoms with van der Waals surface area (Å²) in [6.07, 6.45) is 4.39. The predicted octanol–water partition coefficient (Wildman–Crippen LogP) is 2.07. The summed E-state index contributed by atoms with van der Waals surface area (Å²) in [6.45, 7) is 5.68. The Balaban J connectivity index is 1.43. The number of anilines is 1. The van der Waals surface area contributed by atoms with Gasteiger partial charge in [0.25, 0.3) is 0 Å². The van der Waals surface area contributed by atoms with Crippen molar-refractivity contribution >= 4 is 17.5 Å². The fourth-order valence-corrected chi connectivity index (χ4v) is 3.65. The fraction of sp³-hybridized carbons (Fsp3) is 0.391. The van der Waals surface area contributed by atoms with Crippen molar-refractivity contribution < 1.29 is 14.5 Å². The normalized spacial score (nSPS) is 14.5. The number of piperidine rings is 1. The Hall–Kier alpha value is -2.66. The van der Waals surface area contributed by atoms with E-state index in [4.69, 9.17) is 0 Å². The molecule has 1 aliphatic heterocycles. The first-order chi connectivity index (χ1) is 13.6. The van der Waals surface area contributed by atoms with Crippen LogP contribution in [0.3, 0.4) is 0 Å². The van der Waals surface area contributed by atoms with Gasteiger partial charge in [0, 0.05) is 24.7 Å². The molecule has 2 amide bonds. The number of quaternary nitrogens is 1. The molecule has 2 aromatic carbocycles. The number of hydrogen-bond acceptors (Lipinski definition) is 2. The first-order valence-corrected chi connectivity index (χ1v) is 10.1. The minimum Gasteiger partial charge on any atom is -0.352 e. The van der Waals surface area contributed by atoms with Gasteiger partial charge >= 0.3 is 0 Å². The summed E-state index contributed by atoms with van der Waals surface area (Å²) in [6, 6.07) is 15.9. The van der Waals surface area contributed by atoms with Crippen LogP contribution in [0.15, 0.2) is 48.5 Å². The van der Waals surface area contributed by atoms with Gasteiger partial charge in [-0.05, 0) is 42.5 Å². The lowest BCUT2D eigenvalue weighted by atomic mass is 10.1. The molecule has 5 heteroatoms. The minimum absolute atomic E-state index is 0.00545. The van der Waals surface area contributed by atoms with Crippen molar-refractivity contribution in [3.05, 3.63) is 65.2 Å². The average Bonchev–Trinajstić information content (AvgIpc) is 2.69. The fourth-order valence-electron chi connectivity index (χ4n) is 3.65. The summed E-state index contributed by atoms with van der Waals surface area (Å²) < 4.78 is 0. The maximum Gasteiger partial charge on any atom is 0.224 e. The second-order valence-electron chi connectivity index (χ2n) is 7.64. The number of carbonyl (C=O) groups excluding carboxylic acids is 2. The van der Waals surface area contributed by atoms with Gasteiger partial charge in [-0.3, -0.25) is 9.59 Å². The maximum atomic E-state index is 12.2. The van der Waals surface area contributed by atoms with E-state index in [9.17, 15) is 9.59 Å². The molecule has 0 atom stereocenters. The van der Waals surface area contributed by atoms with Crippen LogP contribution >= 0.6 is 0 Å². The summed E-state index contributed by atoms with van der Waals surface area (Å²) in [5, 5.41) is 5.70. The molecular formula is C23H30N3O2+. The summed E-state index contributed by atoms with van der Waals surface area (Å²) >= 11 is 0. The van der Waals surface area contributed by atoms with Gasteiger partial charge in [-0.25, -0.2) is 0 Å². The van der Waals surface area contributed by atoms with Crippen molar-refractivity contribution in [2.45, 2.75) is 45.7 Å². The van der Waals surface area contributed by atoms with Crippen LogP contribution in [0.1, 0.15) is 42.9 Å². The summed E-state index contributed by atoms with van der Waals surface area (Å²) in [7, 11) is 0. The van der Waals surface area contributed by atoms with Gasteiger partial charge in [-0.1, -0.05) is 36.4 Å². The Labute approximate surface area is 167 Å². The van der Waals surface area contributed by atoms with Crippen LogP contribution < -0.4 is 15.5 Å². The van der Waals surface area contributed by atoms with E-state index in [1.807, 2.05) is 24.3 Å². The average molecular weight is 381 g/mol. The standard InChI is InChI=1S/C23H29N3O2/c1-18(27)25-22-11-9-19(10-12-22)15-23(28)24-16-20-5-7-21(8-6-20)17-26-13-3-2-4-14-26/h5-12H,2-4,13-17H2,1H3,(H,24,28)(H,25,27)/p+1. The zero-order valence-corrected chi connectivity index (χ0v) is 16.6. The molecule has 5 nitrogen and oxygen atoms in total. The van der Waals surface area contributed by atoms with Crippen molar-refractivity contribution in [3.63, 3.8) is 0 Å². The van der Waals surface area contributed by atoms with Crippen LogP contribution in [-0.4, -0.2) is 24.9 Å². The van der Waals surface area contributed by atoms with Crippen LogP contribution in [0, 0.1) is 0 Å². The van der Waals surface area contributed by atoms with E-state index in [1.54, 1.807) is 4.90 Å². The second-order valence-corrected chi connectivity index (χ2v) is 7.64. The lowest BCUT2D eigenvalue weighted by molar-refractivity contribution is -0.918. The molecule has 0 spiro atoms. The maximum absolute atomic E-state index is 12.2. The third-order valence-corrected chi connectivity index (χ3v) is 5.17. The third-order valence-electron chi connectivity index (χ3n) is 5.17. The van der Waals surface area contributed by atoms with Crippen molar-refractivity contribution in [1.29, 1.82) is 0 Å². The summed E-state index contributed by atoms with van der Waals surface area (Å²) in [4.78, 5) is 24.9. The van der Waals surface area contributed by atoms with Crippen LogP contribution in [0.5, 0.6) is 0 Å². The molecule has 0 aliphatic carbocycles. The highest BCUT2D eigenvalue weighted by molar-refractivity contribution is 5.88. The molecule has 0 saturated carbocycles. The van der Waals surface area contributed by atoms with E-state index in [-0.39, 0.29) is 11.8 Å². The number of rotatable bonds is 7. The first kappa shape index (κ1) is 20.1. The monoisotopic (exact) mass is 380 g/mol. The molecule has 0 radical (unpaired) electrons. The highest BCUT2D eigenvalue weighted by atomic mass is 16.2. The molecule has 1 heterocycles. The van der Waals surface area contributed by atoms with Gasteiger partial charge in [-0.2, -0.15) is 0 Å². The molecule has 0 bridgehead atoms. The van der Waals surface area contributed by atoms with E-state index in [0.29, 0.717) is 13.0 Å². The van der Waals surface area contributed by atoms with Gasteiger partial charge in [0.05, 0.1) is 19.5 Å². The Morgan fingerprint density at radius 3 is 2.11 bits per heavy atom. The van der Waals surface area contributed by atoms with Crippen molar-refractivity contribution in [1.82, 2.24) is 5.32 Å². The molecule has 0 unspecified atom stereocenters. The van der Waals surface area contributed by atoms with Crippen LogP contribution in [-0.2, 0) is 29.1 Å². The largest absolute Gasteiger partial charge is 0.352 e. The van der Waals surface area contributed by atoms with Gasteiger partial charge in [0.2, 0.25) is 11.8 Å². The lowest BCUT2D eigenvalue weighted by Gasteiger charge is -2.23. The number of benzene rings is 2. The molecule has 2 aromatic rings. The van der Waals surface area contributed by atoms with Gasteiger partial charge < -0.3 is 15.5 Å². The molecule has 3 rings (SSSR count). The predicted molar refractivity (Wildman–Crippen MR) is 111 cm³/mol. The highest BCUT2D eigenvalue weighted by Crippen LogP contribution is 2.10. The van der Waals surface area contributed by atoms with Gasteiger partial charge in [0.1, 0.15) is 6.54 Å². The van der Waals surface area contributed by atoms with E-state index < -0.39 is 0 Å². The number of hydrogen-bond donors (Lipinski definition) is 3. The van der Waals surface area contributed by atoms with E-state index >= 15 is 0 Å². The van der Waals surface area contributed by atoms with Crippen molar-refractivity contribution in [2.24, 2.45) is 0 Å². The molecule has 148 valence electrons. The number of amides is 2. The Morgan fingerprint density at radius 1 is 0.857 bits per heavy atom. The summed E-state index contributed by atoms with van der Waals surface area (Å²) in [5.74, 6) is -0.108. The number of nitrogens with one attached hydrogen (secondary N) is 3. The zero-order valence-electron chi connectivity index (χ0n) is 16.6. The smallest absolute Gasteiger partial charge is 0.224 e. The second kappa shape index (κ2) is 10.0. The molecule has 0 aromatic heterocycles. The van der Waals surface area contributed by atoms with Gasteiger partial charge in [0.15, 0.2) is 0 Å². The van der Waals surface area contributed by atoms with Crippen LogP contribution in [0.4, 0.5) is 5.69 Å². The molecule has 28 heavy (non-hydrogen) atoms. The number of carbonyl (C=O) groups is 2.